The van der Waals surface area contributed by atoms with E-state index in [-0.39, 0.29) is 42.2 Å². The summed E-state index contributed by atoms with van der Waals surface area (Å²) in [5.74, 6) is -2.96. The number of ether oxygens (including phenoxy) is 2. The van der Waals surface area contributed by atoms with Gasteiger partial charge in [-0.1, -0.05) is 47.8 Å². The second-order valence-electron chi connectivity index (χ2n) is 11.3. The number of unbranched alkanes of at least 4 members (excludes halogenated alkanes) is 3. The fraction of sp³-hybridized carbons (Fsp3) is 0.733. The molecule has 2 bridgehead atoms. The van der Waals surface area contributed by atoms with Gasteiger partial charge in [0.15, 0.2) is 0 Å². The Hall–Kier alpha value is -2.24. The van der Waals surface area contributed by atoms with Gasteiger partial charge in [-0.2, -0.15) is 0 Å². The monoisotopic (exact) mass is 639 g/mol. The quantitative estimate of drug-likeness (QED) is 0.102. The van der Waals surface area contributed by atoms with Gasteiger partial charge in [0.2, 0.25) is 17.7 Å². The zero-order valence-corrected chi connectivity index (χ0v) is 26.0. The molecule has 3 aliphatic rings. The number of likely N-dealkylation sites (tertiary alicyclic amines) is 1. The van der Waals surface area contributed by atoms with E-state index in [0.717, 1.165) is 19.3 Å². The number of aliphatic hydroxyl groups excluding tert-OH is 1. The molecule has 3 saturated heterocycles. The summed E-state index contributed by atoms with van der Waals surface area (Å²) >= 11 is 3.67. The maximum Gasteiger partial charge on any atom is 0.312 e. The van der Waals surface area contributed by atoms with E-state index >= 15 is 0 Å². The van der Waals surface area contributed by atoms with Crippen LogP contribution in [0.2, 0.25) is 0 Å². The van der Waals surface area contributed by atoms with E-state index in [0.29, 0.717) is 45.2 Å². The number of carbonyl (C=O) groups excluding carboxylic acids is 4. The largest absolute Gasteiger partial charge is 0.460 e. The molecule has 3 heterocycles. The Bertz CT molecular complexity index is 978. The third-order valence-corrected chi connectivity index (χ3v) is 9.12. The number of allylic oxidation sites excluding steroid dienone is 1. The number of esters is 1. The summed E-state index contributed by atoms with van der Waals surface area (Å²) in [7, 11) is 0. The summed E-state index contributed by atoms with van der Waals surface area (Å²) < 4.78 is 12.3. The van der Waals surface area contributed by atoms with Crippen molar-refractivity contribution in [2.45, 2.75) is 93.9 Å². The number of nitrogens with one attached hydrogen (secondary N) is 1. The van der Waals surface area contributed by atoms with Crippen LogP contribution in [0.4, 0.5) is 0 Å². The predicted molar refractivity (Wildman–Crippen MR) is 158 cm³/mol. The van der Waals surface area contributed by atoms with E-state index in [4.69, 9.17) is 9.47 Å². The van der Waals surface area contributed by atoms with E-state index in [2.05, 4.69) is 41.3 Å². The second-order valence-corrected chi connectivity index (χ2v) is 12.5. The minimum Gasteiger partial charge on any atom is -0.460 e. The predicted octanol–water partition coefficient (Wildman–Crippen LogP) is 2.73. The highest BCUT2D eigenvalue weighted by Crippen LogP contribution is 2.60. The number of alkyl halides is 1. The van der Waals surface area contributed by atoms with Crippen molar-refractivity contribution in [2.24, 2.45) is 11.8 Å². The Morgan fingerprint density at radius 2 is 2.02 bits per heavy atom. The number of fused-ring (bicyclic) bond motifs is 1. The molecule has 41 heavy (non-hydrogen) atoms. The molecule has 0 aromatic rings. The molecule has 0 aromatic carbocycles. The third kappa shape index (κ3) is 7.22. The van der Waals surface area contributed by atoms with Gasteiger partial charge in [0.05, 0.1) is 24.5 Å². The molecule has 0 aromatic heterocycles. The van der Waals surface area contributed by atoms with E-state index in [9.17, 15) is 24.3 Å². The molecule has 1 spiro atoms. The smallest absolute Gasteiger partial charge is 0.312 e. The Morgan fingerprint density at radius 1 is 1.27 bits per heavy atom. The van der Waals surface area contributed by atoms with Crippen molar-refractivity contribution < 1.29 is 33.8 Å². The van der Waals surface area contributed by atoms with Gasteiger partial charge in [-0.15, -0.1) is 13.2 Å². The van der Waals surface area contributed by atoms with Crippen LogP contribution >= 0.6 is 15.9 Å². The normalized spacial score (nSPS) is 28.7. The van der Waals surface area contributed by atoms with E-state index in [1.807, 2.05) is 0 Å². The Balaban J connectivity index is 1.85. The zero-order valence-electron chi connectivity index (χ0n) is 24.4. The molecule has 1 unspecified atom stereocenters. The van der Waals surface area contributed by atoms with Crippen LogP contribution in [0.1, 0.15) is 65.2 Å². The molecule has 10 nitrogen and oxygen atoms in total. The number of rotatable bonds is 18. The van der Waals surface area contributed by atoms with Crippen molar-refractivity contribution in [1.29, 1.82) is 0 Å². The molecule has 3 fully saturated rings. The lowest BCUT2D eigenvalue weighted by Crippen LogP contribution is -2.57. The molecule has 7 atom stereocenters. The van der Waals surface area contributed by atoms with E-state index < -0.39 is 41.7 Å². The van der Waals surface area contributed by atoms with Gasteiger partial charge in [-0.3, -0.25) is 19.2 Å². The van der Waals surface area contributed by atoms with Gasteiger partial charge < -0.3 is 29.7 Å². The highest BCUT2D eigenvalue weighted by atomic mass is 79.9. The van der Waals surface area contributed by atoms with Gasteiger partial charge in [0.1, 0.15) is 17.7 Å². The number of aliphatic hydroxyl groups is 1. The molecule has 0 saturated carbocycles. The summed E-state index contributed by atoms with van der Waals surface area (Å²) in [6, 6.07) is -0.885. The second kappa shape index (κ2) is 15.3. The fourth-order valence-electron chi connectivity index (χ4n) is 6.38. The van der Waals surface area contributed by atoms with E-state index in [1.165, 1.54) is 0 Å². The Labute approximate surface area is 252 Å². The highest BCUT2D eigenvalue weighted by Gasteiger charge is 2.77. The summed E-state index contributed by atoms with van der Waals surface area (Å²) in [5, 5.41) is 12.1. The maximum atomic E-state index is 14.2. The van der Waals surface area contributed by atoms with Gasteiger partial charge in [0, 0.05) is 37.5 Å². The summed E-state index contributed by atoms with van der Waals surface area (Å²) in [5.41, 5.74) is -1.16. The molecule has 0 radical (unpaired) electrons. The molecular weight excluding hydrogens is 594 g/mol. The summed E-state index contributed by atoms with van der Waals surface area (Å²) in [6.07, 6.45) is 7.20. The average molecular weight is 641 g/mol. The zero-order chi connectivity index (χ0) is 30.2. The molecule has 3 aliphatic heterocycles. The maximum absolute atomic E-state index is 14.2. The van der Waals surface area contributed by atoms with Crippen LogP contribution in [0.5, 0.6) is 0 Å². The lowest BCUT2D eigenvalue weighted by Gasteiger charge is -2.37. The number of carbonyl (C=O) groups is 4. The lowest BCUT2D eigenvalue weighted by atomic mass is 9.70. The number of hydrogen-bond acceptors (Lipinski definition) is 7. The number of amides is 3. The van der Waals surface area contributed by atoms with E-state index in [1.54, 1.807) is 28.9 Å². The Morgan fingerprint density at radius 3 is 2.68 bits per heavy atom. The average Bonchev–Trinajstić information content (AvgIpc) is 3.53. The van der Waals surface area contributed by atoms with Crippen LogP contribution in [0.15, 0.2) is 25.3 Å². The molecule has 11 heteroatoms. The first-order valence-corrected chi connectivity index (χ1v) is 15.8. The van der Waals surface area contributed by atoms with Crippen molar-refractivity contribution in [3.8, 4) is 0 Å². The number of halogens is 1. The molecule has 0 aliphatic carbocycles. The highest BCUT2D eigenvalue weighted by molar-refractivity contribution is 9.09. The van der Waals surface area contributed by atoms with Crippen molar-refractivity contribution in [2.75, 3.05) is 32.8 Å². The topological polar surface area (TPSA) is 125 Å². The Kier molecular flexibility index (Phi) is 12.4. The lowest BCUT2D eigenvalue weighted by molar-refractivity contribution is -0.159. The number of nitrogens with zero attached hydrogens (tertiary/aromatic N) is 2. The van der Waals surface area contributed by atoms with Crippen LogP contribution in [-0.2, 0) is 28.7 Å². The van der Waals surface area contributed by atoms with Gasteiger partial charge >= 0.3 is 5.97 Å². The van der Waals surface area contributed by atoms with Gasteiger partial charge in [0.25, 0.3) is 0 Å². The van der Waals surface area contributed by atoms with Crippen molar-refractivity contribution in [3.05, 3.63) is 25.3 Å². The molecular formula is C30H46BrN3O7. The van der Waals surface area contributed by atoms with Crippen LogP contribution in [0, 0.1) is 11.8 Å². The van der Waals surface area contributed by atoms with Gasteiger partial charge in [-0.25, -0.2) is 0 Å². The van der Waals surface area contributed by atoms with Crippen LogP contribution in [0.25, 0.3) is 0 Å². The standard InChI is InChI=1S/C30H46BrN3O7/c1-5-8-10-15-33(14-7-3)28(38)26-30-18-21(31)25(41-30)23(24(30)27(37)34(26)16-11-12-17-35)29(39)40-20(4)19-32-22(36)13-9-6-2/h6-7,20-21,23-26,35H,2-3,5,8-19H2,1,4H3,(H,32,36)/t20-,21?,23+,24-,25+,26+,30-/m0/s1. The SMILES string of the molecule is C=CCCC(=O)NC[C@H](C)OC(=O)[C@H]1[C@@H]2O[C@@]3(CC2Br)[C@@H]1C(=O)N(CCCCO)[C@@H]3C(=O)N(CC=C)CCCCC. The molecule has 3 rings (SSSR count). The molecule has 230 valence electrons. The third-order valence-electron chi connectivity index (χ3n) is 8.27. The van der Waals surface area contributed by atoms with Crippen LogP contribution < -0.4 is 5.32 Å². The van der Waals surface area contributed by atoms with Crippen LogP contribution in [-0.4, -0.2) is 100 Å². The minimum atomic E-state index is -1.16. The summed E-state index contributed by atoms with van der Waals surface area (Å²) in [6.45, 7) is 12.5. The van der Waals surface area contributed by atoms with Crippen molar-refractivity contribution in [3.63, 3.8) is 0 Å². The first kappa shape index (κ1) is 33.3. The fourth-order valence-corrected chi connectivity index (χ4v) is 7.33. The molecule has 3 amide bonds. The molecule has 2 N–H and O–H groups in total. The first-order valence-electron chi connectivity index (χ1n) is 14.9. The first-order chi connectivity index (χ1) is 19.7. The van der Waals surface area contributed by atoms with Crippen LogP contribution in [0.3, 0.4) is 0 Å². The number of hydrogen-bond donors (Lipinski definition) is 2. The van der Waals surface area contributed by atoms with Gasteiger partial charge in [-0.05, 0) is 39.0 Å². The van der Waals surface area contributed by atoms with Crippen molar-refractivity contribution >= 4 is 39.6 Å². The minimum absolute atomic E-state index is 0.0200. The van der Waals surface area contributed by atoms with Crippen molar-refractivity contribution in [1.82, 2.24) is 15.1 Å². The summed E-state index contributed by atoms with van der Waals surface area (Å²) in [4.78, 5) is 56.9.